The van der Waals surface area contributed by atoms with E-state index in [-0.39, 0.29) is 10.8 Å². The minimum Gasteiger partial charge on any atom is -0.341 e. The second-order valence-electron chi connectivity index (χ2n) is 6.47. The van der Waals surface area contributed by atoms with E-state index in [4.69, 9.17) is 0 Å². The van der Waals surface area contributed by atoms with Gasteiger partial charge in [0.25, 0.3) is 0 Å². The van der Waals surface area contributed by atoms with Crippen LogP contribution in [-0.2, 0) is 14.8 Å². The zero-order valence-corrected chi connectivity index (χ0v) is 14.5. The smallest absolute Gasteiger partial charge is 0.243 e. The van der Waals surface area contributed by atoms with Crippen LogP contribution in [0.4, 0.5) is 4.39 Å². The summed E-state index contributed by atoms with van der Waals surface area (Å²) in [4.78, 5) is 14.7. The Bertz CT molecular complexity index is 684. The molecule has 24 heavy (non-hydrogen) atoms. The maximum atomic E-state index is 13.1. The predicted molar refractivity (Wildman–Crippen MR) is 88.4 cm³/mol. The Kier molecular flexibility index (Phi) is 5.20. The van der Waals surface area contributed by atoms with Crippen molar-refractivity contribution in [2.24, 2.45) is 0 Å². The maximum Gasteiger partial charge on any atom is 0.243 e. The third kappa shape index (κ3) is 3.47. The van der Waals surface area contributed by atoms with Crippen LogP contribution in [0.2, 0.25) is 0 Å². The molecular formula is C17H23FN2O3S. The summed E-state index contributed by atoms with van der Waals surface area (Å²) in [5, 5.41) is 0. The lowest BCUT2D eigenvalue weighted by Crippen LogP contribution is -2.53. The summed E-state index contributed by atoms with van der Waals surface area (Å²) in [5.41, 5.74) is 0. The third-order valence-corrected chi connectivity index (χ3v) is 6.75. The van der Waals surface area contributed by atoms with E-state index in [0.29, 0.717) is 26.1 Å². The first-order chi connectivity index (χ1) is 11.5. The lowest BCUT2D eigenvalue weighted by atomic mass is 10.0. The van der Waals surface area contributed by atoms with Crippen molar-refractivity contribution in [2.45, 2.75) is 49.5 Å². The normalized spacial score (nSPS) is 23.2. The molecule has 2 heterocycles. The van der Waals surface area contributed by atoms with Crippen molar-refractivity contribution in [3.63, 3.8) is 0 Å². The Balaban J connectivity index is 1.85. The molecule has 132 valence electrons. The fraction of sp³-hybridized carbons (Fsp3) is 0.588. The summed E-state index contributed by atoms with van der Waals surface area (Å²) in [6.45, 7) is 1.75. The highest BCUT2D eigenvalue weighted by Crippen LogP contribution is 2.27. The molecule has 1 atom stereocenters. The van der Waals surface area contributed by atoms with Gasteiger partial charge in [-0.1, -0.05) is 6.42 Å². The summed E-state index contributed by atoms with van der Waals surface area (Å²) in [5.74, 6) is -0.561. The fourth-order valence-corrected chi connectivity index (χ4v) is 5.16. The number of nitrogens with zero attached hydrogens (tertiary/aromatic N) is 2. The molecule has 2 fully saturated rings. The molecule has 1 aromatic rings. The van der Waals surface area contributed by atoms with Crippen molar-refractivity contribution in [1.82, 2.24) is 9.21 Å². The van der Waals surface area contributed by atoms with E-state index in [1.807, 2.05) is 0 Å². The Labute approximate surface area is 142 Å². The zero-order valence-electron chi connectivity index (χ0n) is 13.7. The van der Waals surface area contributed by atoms with Gasteiger partial charge < -0.3 is 4.90 Å². The van der Waals surface area contributed by atoms with E-state index in [9.17, 15) is 17.6 Å². The summed E-state index contributed by atoms with van der Waals surface area (Å²) >= 11 is 0. The van der Waals surface area contributed by atoms with Gasteiger partial charge in [0.2, 0.25) is 15.9 Å². The summed E-state index contributed by atoms with van der Waals surface area (Å²) < 4.78 is 40.3. The number of carbonyl (C=O) groups excluding carboxylic acids is 1. The minimum absolute atomic E-state index is 0.0437. The van der Waals surface area contributed by atoms with Crippen molar-refractivity contribution in [1.29, 1.82) is 0 Å². The van der Waals surface area contributed by atoms with Gasteiger partial charge in [-0.05, 0) is 56.4 Å². The first kappa shape index (κ1) is 17.4. The van der Waals surface area contributed by atoms with Crippen molar-refractivity contribution in [3.8, 4) is 0 Å². The van der Waals surface area contributed by atoms with E-state index < -0.39 is 21.9 Å². The standard InChI is InChI=1S/C17H23FN2O3S/c18-14-7-9-15(10-8-14)24(22,23)20-13-5-2-6-16(20)17(21)19-11-3-1-4-12-19/h7-10,16H,1-6,11-13H2. The van der Waals surface area contributed by atoms with E-state index in [2.05, 4.69) is 0 Å². The second-order valence-corrected chi connectivity index (χ2v) is 8.36. The molecule has 0 spiro atoms. The number of piperidine rings is 2. The summed E-state index contributed by atoms with van der Waals surface area (Å²) in [7, 11) is -3.79. The predicted octanol–water partition coefficient (Wildman–Crippen LogP) is 2.38. The van der Waals surface area contributed by atoms with Crippen molar-refractivity contribution in [2.75, 3.05) is 19.6 Å². The molecule has 0 N–H and O–H groups in total. The first-order valence-electron chi connectivity index (χ1n) is 8.56. The molecule has 7 heteroatoms. The molecule has 0 radical (unpaired) electrons. The number of carbonyl (C=O) groups is 1. The number of halogens is 1. The largest absolute Gasteiger partial charge is 0.341 e. The Morgan fingerprint density at radius 2 is 1.58 bits per heavy atom. The van der Waals surface area contributed by atoms with Crippen LogP contribution < -0.4 is 0 Å². The van der Waals surface area contributed by atoms with E-state index in [1.165, 1.54) is 16.4 Å². The maximum absolute atomic E-state index is 13.1. The Hall–Kier alpha value is -1.47. The highest BCUT2D eigenvalue weighted by Gasteiger charge is 2.39. The number of benzene rings is 1. The number of rotatable bonds is 3. The van der Waals surface area contributed by atoms with Crippen LogP contribution in [0, 0.1) is 5.82 Å². The van der Waals surface area contributed by atoms with Crippen LogP contribution in [0.5, 0.6) is 0 Å². The highest BCUT2D eigenvalue weighted by molar-refractivity contribution is 7.89. The SMILES string of the molecule is O=C(C1CCCCN1S(=O)(=O)c1ccc(F)cc1)N1CCCCC1. The molecule has 0 aliphatic carbocycles. The van der Waals surface area contributed by atoms with Crippen molar-refractivity contribution >= 4 is 15.9 Å². The molecule has 2 aliphatic rings. The van der Waals surface area contributed by atoms with Gasteiger partial charge in [-0.25, -0.2) is 12.8 Å². The molecule has 1 aromatic carbocycles. The molecule has 0 bridgehead atoms. The van der Waals surface area contributed by atoms with Gasteiger partial charge in [-0.15, -0.1) is 0 Å². The van der Waals surface area contributed by atoms with Gasteiger partial charge in [-0.2, -0.15) is 4.31 Å². The fourth-order valence-electron chi connectivity index (χ4n) is 3.51. The summed E-state index contributed by atoms with van der Waals surface area (Å²) in [6, 6.07) is 4.17. The van der Waals surface area contributed by atoms with Crippen LogP contribution in [0.1, 0.15) is 38.5 Å². The second kappa shape index (κ2) is 7.19. The van der Waals surface area contributed by atoms with Gasteiger partial charge in [0.1, 0.15) is 11.9 Å². The van der Waals surface area contributed by atoms with Crippen molar-refractivity contribution < 1.29 is 17.6 Å². The molecular weight excluding hydrogens is 331 g/mol. The van der Waals surface area contributed by atoms with E-state index in [0.717, 1.165) is 44.2 Å². The lowest BCUT2D eigenvalue weighted by molar-refractivity contribution is -0.137. The van der Waals surface area contributed by atoms with Crippen LogP contribution >= 0.6 is 0 Å². The monoisotopic (exact) mass is 354 g/mol. The van der Waals surface area contributed by atoms with Crippen LogP contribution in [-0.4, -0.2) is 49.2 Å². The van der Waals surface area contributed by atoms with E-state index >= 15 is 0 Å². The molecule has 1 amide bonds. The summed E-state index contributed by atoms with van der Waals surface area (Å²) in [6.07, 6.45) is 5.21. The molecule has 0 saturated carbocycles. The zero-order chi connectivity index (χ0) is 17.2. The third-order valence-electron chi connectivity index (χ3n) is 4.83. The van der Waals surface area contributed by atoms with E-state index in [1.54, 1.807) is 4.90 Å². The van der Waals surface area contributed by atoms with Crippen molar-refractivity contribution in [3.05, 3.63) is 30.1 Å². The minimum atomic E-state index is -3.79. The number of hydrogen-bond acceptors (Lipinski definition) is 3. The van der Waals surface area contributed by atoms with Gasteiger partial charge >= 0.3 is 0 Å². The lowest BCUT2D eigenvalue weighted by Gasteiger charge is -2.38. The topological polar surface area (TPSA) is 57.7 Å². The average molecular weight is 354 g/mol. The number of likely N-dealkylation sites (tertiary alicyclic amines) is 1. The van der Waals surface area contributed by atoms with Gasteiger partial charge in [0.05, 0.1) is 4.90 Å². The van der Waals surface area contributed by atoms with Gasteiger partial charge in [0.15, 0.2) is 0 Å². The van der Waals surface area contributed by atoms with Gasteiger partial charge in [-0.3, -0.25) is 4.79 Å². The molecule has 3 rings (SSSR count). The van der Waals surface area contributed by atoms with Crippen LogP contribution in [0.3, 0.4) is 0 Å². The van der Waals surface area contributed by atoms with Crippen LogP contribution in [0.25, 0.3) is 0 Å². The average Bonchev–Trinajstić information content (AvgIpc) is 2.62. The number of amides is 1. The Morgan fingerprint density at radius 1 is 0.958 bits per heavy atom. The quantitative estimate of drug-likeness (QED) is 0.837. The number of sulfonamides is 1. The number of hydrogen-bond donors (Lipinski definition) is 0. The molecule has 0 aromatic heterocycles. The highest BCUT2D eigenvalue weighted by atomic mass is 32.2. The first-order valence-corrected chi connectivity index (χ1v) is 10.0. The van der Waals surface area contributed by atoms with Crippen LogP contribution in [0.15, 0.2) is 29.2 Å². The van der Waals surface area contributed by atoms with Gasteiger partial charge in [0, 0.05) is 19.6 Å². The molecule has 2 aliphatic heterocycles. The molecule has 2 saturated heterocycles. The molecule has 1 unspecified atom stereocenters. The molecule has 5 nitrogen and oxygen atoms in total. The Morgan fingerprint density at radius 3 is 2.25 bits per heavy atom.